The van der Waals surface area contributed by atoms with Crippen LogP contribution in [0.4, 0.5) is 0 Å². The summed E-state index contributed by atoms with van der Waals surface area (Å²) in [4.78, 5) is 0. The lowest BCUT2D eigenvalue weighted by Gasteiger charge is -2.32. The molecule has 0 N–H and O–H groups in total. The van der Waals surface area contributed by atoms with E-state index < -0.39 is 110 Å². The van der Waals surface area contributed by atoms with Crippen LogP contribution in [0.25, 0.3) is 0 Å². The summed E-state index contributed by atoms with van der Waals surface area (Å²) in [5.74, 6) is 6.79. The van der Waals surface area contributed by atoms with Gasteiger partial charge in [0.05, 0.1) is 67.2 Å². The molecule has 0 aromatic carbocycles. The molecule has 6 fully saturated rings. The molecule has 0 aliphatic carbocycles. The van der Waals surface area contributed by atoms with Crippen LogP contribution in [0, 0.1) is 11.8 Å². The van der Waals surface area contributed by atoms with Gasteiger partial charge in [0.15, 0.2) is 0 Å². The van der Waals surface area contributed by atoms with Gasteiger partial charge in [-0.2, -0.15) is 0 Å². The Labute approximate surface area is 479 Å². The number of allylic oxidation sites excluding steroid dienone is 6. The minimum atomic E-state index is -0.742. The lowest BCUT2D eigenvalue weighted by Crippen LogP contribution is -2.41. The third-order valence-corrected chi connectivity index (χ3v) is 19.7. The van der Waals surface area contributed by atoms with Crippen LogP contribution >= 0.6 is 0 Å². The zero-order valence-electron chi connectivity index (χ0n) is 54.8. The molecule has 0 spiro atoms. The first-order chi connectivity index (χ1) is 35.4. The van der Waals surface area contributed by atoms with Crippen molar-refractivity contribution < 1.29 is 55.9 Å². The molecule has 6 aliphatic heterocycles. The first-order valence-electron chi connectivity index (χ1n) is 30.3. The molecule has 0 aromatic heterocycles. The van der Waals surface area contributed by atoms with Gasteiger partial charge in [-0.15, -0.1) is 0 Å². The second-order valence-electron chi connectivity index (χ2n) is 29.1. The van der Waals surface area contributed by atoms with E-state index in [9.17, 15) is 0 Å². The fourth-order valence-corrected chi connectivity index (χ4v) is 9.69. The van der Waals surface area contributed by atoms with Crippen LogP contribution in [0.15, 0.2) is 32.8 Å². The van der Waals surface area contributed by atoms with Gasteiger partial charge in [0.25, 0.3) is 0 Å². The Morgan fingerprint density at radius 2 is 0.474 bits per heavy atom. The fourth-order valence-electron chi connectivity index (χ4n) is 9.69. The van der Waals surface area contributed by atoms with E-state index in [0.29, 0.717) is 0 Å². The first-order valence-corrected chi connectivity index (χ1v) is 30.3. The molecule has 0 bridgehead atoms. The minimum absolute atomic E-state index is 0.397. The van der Waals surface area contributed by atoms with Gasteiger partial charge < -0.3 is 55.9 Å². The number of unbranched alkanes of at least 4 members (excludes halogenated alkanes) is 5. The molecule has 0 atom stereocenters. The monoisotopic (exact) mass is 1090 g/mol. The highest BCUT2D eigenvalue weighted by molar-refractivity contribution is 6.72. The number of hydrogen-bond acceptors (Lipinski definition) is 12. The highest BCUT2D eigenvalue weighted by atomic mass is 16.7. The van der Waals surface area contributed by atoms with E-state index in [2.05, 4.69) is 206 Å². The van der Waals surface area contributed by atoms with Crippen molar-refractivity contribution >= 4 is 42.7 Å². The third kappa shape index (κ3) is 13.9. The highest BCUT2D eigenvalue weighted by Gasteiger charge is 2.63. The summed E-state index contributed by atoms with van der Waals surface area (Å²) in [6.07, 6.45) is 11.4. The van der Waals surface area contributed by atoms with E-state index in [1.807, 2.05) is 0 Å². The van der Waals surface area contributed by atoms with Crippen molar-refractivity contribution in [1.82, 2.24) is 0 Å². The maximum absolute atomic E-state index is 6.98. The molecule has 0 saturated carbocycles. The lowest BCUT2D eigenvalue weighted by molar-refractivity contribution is 0.00578. The first kappa shape index (κ1) is 67.5. The van der Waals surface area contributed by atoms with Gasteiger partial charge in [0.1, 0.15) is 0 Å². The predicted molar refractivity (Wildman–Crippen MR) is 323 cm³/mol. The predicted octanol–water partition coefficient (Wildman–Crippen LogP) is 14.4. The molecule has 0 unspecified atom stereocenters. The summed E-state index contributed by atoms with van der Waals surface area (Å²) in [6, 6.07) is 0. The molecule has 6 heterocycles. The molecule has 6 saturated heterocycles. The lowest BCUT2D eigenvalue weighted by atomic mass is 9.50. The van der Waals surface area contributed by atoms with Crippen LogP contribution < -0.4 is 0 Å². The molecule has 18 heteroatoms. The molecule has 0 amide bonds. The average Bonchev–Trinajstić information content (AvgIpc) is 3.95. The number of hydrogen-bond donors (Lipinski definition) is 0. The van der Waals surface area contributed by atoms with Gasteiger partial charge in [0.2, 0.25) is 0 Å². The average molecular weight is 1090 g/mol. The van der Waals surface area contributed by atoms with Crippen LogP contribution in [-0.4, -0.2) is 110 Å². The Balaban J connectivity index is 0.000000321. The van der Waals surface area contributed by atoms with Crippen LogP contribution in [0.3, 0.4) is 0 Å². The van der Waals surface area contributed by atoms with Gasteiger partial charge in [-0.05, 0) is 219 Å². The molecule has 12 nitrogen and oxygen atoms in total. The quantitative estimate of drug-likeness (QED) is 0.0564. The Morgan fingerprint density at radius 3 is 0.718 bits per heavy atom. The van der Waals surface area contributed by atoms with Crippen molar-refractivity contribution in [3.8, 4) is 11.8 Å². The second kappa shape index (κ2) is 24.0. The molecule has 438 valence electrons. The van der Waals surface area contributed by atoms with Crippen LogP contribution in [0.2, 0.25) is 0 Å². The standard InChI is InChI=1S/C36H66B4O8.C24H42B2O4/c1-19-21-23-25(37-41-29(3,4)30(5,6)42-37)27(39-45-33(11,12)34(13,14)46-39)28(40-47-35(15,16)36(17,18)48-40)26(24-22-20-2)38-43-31(7,8)32(9,10)44-38;1-11-13-15-16-18-20(26-29-23(7,8)24(9,10)30-26)19(17-14-12-2)25-27-21(3,4)22(5,6)28-25/h19-24H2,1-18H3;11-15,17H2,1-10H3/b27-25-,28-26-;20-19-. The van der Waals surface area contributed by atoms with Crippen molar-refractivity contribution in [2.45, 2.75) is 338 Å². The summed E-state index contributed by atoms with van der Waals surface area (Å²) in [6.45, 7) is 59.0. The van der Waals surface area contributed by atoms with Crippen LogP contribution in [0.5, 0.6) is 0 Å². The maximum Gasteiger partial charge on any atom is 0.503 e. The van der Waals surface area contributed by atoms with Crippen molar-refractivity contribution in [3.63, 3.8) is 0 Å². The van der Waals surface area contributed by atoms with E-state index in [1.165, 1.54) is 0 Å². The van der Waals surface area contributed by atoms with Gasteiger partial charge in [-0.1, -0.05) is 84.5 Å². The van der Waals surface area contributed by atoms with Gasteiger partial charge in [0, 0.05) is 11.9 Å². The van der Waals surface area contributed by atoms with Crippen molar-refractivity contribution in [3.05, 3.63) is 32.8 Å². The Kier molecular flexibility index (Phi) is 20.7. The zero-order valence-corrected chi connectivity index (χ0v) is 54.8. The summed E-state index contributed by atoms with van der Waals surface area (Å²) in [7, 11) is -3.67. The van der Waals surface area contributed by atoms with Crippen LogP contribution in [-0.2, 0) is 55.9 Å². The van der Waals surface area contributed by atoms with E-state index >= 15 is 0 Å². The summed E-state index contributed by atoms with van der Waals surface area (Å²) in [5, 5.41) is 0. The van der Waals surface area contributed by atoms with Gasteiger partial charge >= 0.3 is 42.7 Å². The van der Waals surface area contributed by atoms with E-state index in [0.717, 1.165) is 110 Å². The largest absolute Gasteiger partial charge is 0.503 e. The molecular weight excluding hydrogens is 978 g/mol. The van der Waals surface area contributed by atoms with E-state index in [1.54, 1.807) is 0 Å². The SMILES string of the molecule is CCCC/C(B1OC(C)(C)C(C)(C)O1)=C(B1OC(C)(C)C(C)(C)O1)\C(B1OC(C)(C)C(C)(C)O1)=C(/CCCC)B1OC(C)(C)C(C)(C)O1.CCCCC#C/C(B1OC(C)(C)C(C)(C)O1)=C(\CCCC)B1OC(C)(C)C(C)(C)O1. The Bertz CT molecular complexity index is 2070. The Hall–Kier alpha value is -1.31. The van der Waals surface area contributed by atoms with E-state index in [-0.39, 0.29) is 0 Å². The topological polar surface area (TPSA) is 111 Å². The normalized spacial score (nSPS) is 27.0. The Morgan fingerprint density at radius 1 is 0.269 bits per heavy atom. The molecular formula is C60H108B6O12. The number of rotatable bonds is 18. The zero-order chi connectivity index (χ0) is 59.3. The van der Waals surface area contributed by atoms with Crippen molar-refractivity contribution in [2.75, 3.05) is 0 Å². The molecule has 6 rings (SSSR count). The van der Waals surface area contributed by atoms with Crippen molar-refractivity contribution in [2.24, 2.45) is 0 Å². The third-order valence-electron chi connectivity index (χ3n) is 19.7. The summed E-state index contributed by atoms with van der Waals surface area (Å²) >= 11 is 0. The molecule has 78 heavy (non-hydrogen) atoms. The van der Waals surface area contributed by atoms with Crippen molar-refractivity contribution in [1.29, 1.82) is 0 Å². The smallest absolute Gasteiger partial charge is 0.400 e. The summed E-state index contributed by atoms with van der Waals surface area (Å²) < 4.78 is 81.0. The highest BCUT2D eigenvalue weighted by Crippen LogP contribution is 2.51. The molecule has 6 aliphatic rings. The van der Waals surface area contributed by atoms with E-state index in [4.69, 9.17) is 55.9 Å². The van der Waals surface area contributed by atoms with Crippen LogP contribution in [0.1, 0.15) is 271 Å². The maximum atomic E-state index is 6.98. The van der Waals surface area contributed by atoms with Gasteiger partial charge in [-0.25, -0.2) is 0 Å². The molecule has 0 aromatic rings. The van der Waals surface area contributed by atoms with Gasteiger partial charge in [-0.3, -0.25) is 0 Å². The minimum Gasteiger partial charge on any atom is -0.400 e. The summed E-state index contributed by atoms with van der Waals surface area (Å²) in [5.41, 5.74) is -0.509. The molecule has 0 radical (unpaired) electrons. The second-order valence-corrected chi connectivity index (χ2v) is 29.1. The fraction of sp³-hybridized carbons (Fsp3) is 0.867.